The van der Waals surface area contributed by atoms with Crippen molar-refractivity contribution in [3.8, 4) is 0 Å². The van der Waals surface area contributed by atoms with Gasteiger partial charge in [0.1, 0.15) is 5.00 Å². The van der Waals surface area contributed by atoms with Crippen LogP contribution in [0.2, 0.25) is 0 Å². The molecule has 7 nitrogen and oxygen atoms in total. The molecule has 3 atom stereocenters. The van der Waals surface area contributed by atoms with Crippen LogP contribution in [0.4, 0.5) is 10.7 Å². The van der Waals surface area contributed by atoms with Gasteiger partial charge < -0.3 is 20.1 Å². The molecule has 1 saturated heterocycles. The van der Waals surface area contributed by atoms with E-state index >= 15 is 0 Å². The number of ether oxygens (including phenoxy) is 1. The van der Waals surface area contributed by atoms with Crippen LogP contribution in [0.1, 0.15) is 78.4 Å². The van der Waals surface area contributed by atoms with E-state index in [1.54, 1.807) is 0 Å². The van der Waals surface area contributed by atoms with Gasteiger partial charge in [-0.1, -0.05) is 25.0 Å². The molecule has 4 rings (SSSR count). The number of esters is 1. The number of fused-ring (bicyclic) bond motifs is 1. The highest BCUT2D eigenvalue weighted by atomic mass is 32.1. The number of methoxy groups -OCH3 is 1. The number of amides is 1. The summed E-state index contributed by atoms with van der Waals surface area (Å²) in [5, 5.41) is 15.1. The molecule has 8 heteroatoms. The Morgan fingerprint density at radius 3 is 2.51 bits per heavy atom. The highest BCUT2D eigenvalue weighted by Crippen LogP contribution is 2.49. The second-order valence-corrected chi connectivity index (χ2v) is 11.6. The van der Waals surface area contributed by atoms with Crippen LogP contribution in [0.25, 0.3) is 0 Å². The molecule has 0 radical (unpaired) electrons. The van der Waals surface area contributed by atoms with Gasteiger partial charge in [-0.05, 0) is 70.2 Å². The molecule has 2 N–H and O–H groups in total. The summed E-state index contributed by atoms with van der Waals surface area (Å²) >= 11 is 1.40. The monoisotopic (exact) mass is 527 g/mol. The van der Waals surface area contributed by atoms with E-state index in [9.17, 15) is 14.7 Å². The number of aryl methyl sites for hydroxylation is 1. The van der Waals surface area contributed by atoms with Crippen molar-refractivity contribution in [3.05, 3.63) is 45.8 Å². The number of carbonyl (C=O) groups excluding carboxylic acids is 2. The third-order valence-corrected chi connectivity index (χ3v) is 9.53. The van der Waals surface area contributed by atoms with E-state index in [1.807, 2.05) is 13.8 Å². The molecule has 0 spiro atoms. The first-order valence-corrected chi connectivity index (χ1v) is 14.3. The van der Waals surface area contributed by atoms with Crippen molar-refractivity contribution < 1.29 is 19.4 Å². The summed E-state index contributed by atoms with van der Waals surface area (Å²) in [6, 6.07) is 8.63. The average Bonchev–Trinajstić information content (AvgIpc) is 3.17. The van der Waals surface area contributed by atoms with E-state index in [2.05, 4.69) is 53.2 Å². The molecule has 1 aromatic carbocycles. The molecule has 1 saturated carbocycles. The number of nitrogens with one attached hydrogen (secondary N) is 1. The van der Waals surface area contributed by atoms with Crippen molar-refractivity contribution >= 4 is 33.9 Å². The van der Waals surface area contributed by atoms with E-state index in [4.69, 9.17) is 4.74 Å². The first-order chi connectivity index (χ1) is 17.7. The third-order valence-electron chi connectivity index (χ3n) is 8.41. The second-order valence-electron chi connectivity index (χ2n) is 10.4. The minimum absolute atomic E-state index is 0.0394. The molecular formula is C29H41N3O4S. The molecule has 2 fully saturated rings. The Kier molecular flexibility index (Phi) is 8.61. The number of thiophene rings is 1. The average molecular weight is 528 g/mol. The fourth-order valence-corrected chi connectivity index (χ4v) is 7.31. The molecule has 37 heavy (non-hydrogen) atoms. The molecule has 1 aliphatic carbocycles. The zero-order chi connectivity index (χ0) is 26.7. The van der Waals surface area contributed by atoms with Gasteiger partial charge in [0.15, 0.2) is 0 Å². The number of likely N-dealkylation sites (tertiary alicyclic amines) is 1. The van der Waals surface area contributed by atoms with Gasteiger partial charge in [-0.15, -0.1) is 11.3 Å². The lowest BCUT2D eigenvalue weighted by atomic mass is 9.66. The maximum Gasteiger partial charge on any atom is 0.341 e. The molecule has 2 heterocycles. The molecule has 1 amide bonds. The Morgan fingerprint density at radius 2 is 1.86 bits per heavy atom. The number of aliphatic hydroxyl groups is 1. The van der Waals surface area contributed by atoms with Crippen LogP contribution >= 0.6 is 11.3 Å². The largest absolute Gasteiger partial charge is 0.465 e. The summed E-state index contributed by atoms with van der Waals surface area (Å²) in [6.45, 7) is 10.9. The Hall–Kier alpha value is -2.42. The highest BCUT2D eigenvalue weighted by molar-refractivity contribution is 7.16. The molecular weight excluding hydrogens is 486 g/mol. The number of rotatable bonds is 8. The van der Waals surface area contributed by atoms with Crippen LogP contribution in [0.3, 0.4) is 0 Å². The van der Waals surface area contributed by atoms with Crippen LogP contribution in [0.15, 0.2) is 24.3 Å². The molecule has 0 unspecified atom stereocenters. The number of hydrogen-bond acceptors (Lipinski definition) is 7. The molecule has 202 valence electrons. The molecule has 1 aliphatic heterocycles. The summed E-state index contributed by atoms with van der Waals surface area (Å²) in [7, 11) is 1.36. The SMILES string of the molecule is CCN(CC)c1ccc([C@H]2[C@H]3CCCC[C@]3(O)CCN2CC(=O)Nc2sc(C)c(C)c2C(=O)OC)cc1. The fourth-order valence-electron chi connectivity index (χ4n) is 6.25. The summed E-state index contributed by atoms with van der Waals surface area (Å²) in [5.41, 5.74) is 2.91. The second kappa shape index (κ2) is 11.5. The van der Waals surface area contributed by atoms with Gasteiger partial charge in [0, 0.05) is 42.2 Å². The van der Waals surface area contributed by atoms with E-state index in [1.165, 1.54) is 24.1 Å². The van der Waals surface area contributed by atoms with Crippen LogP contribution < -0.4 is 10.2 Å². The van der Waals surface area contributed by atoms with Crippen molar-refractivity contribution in [2.75, 3.05) is 43.5 Å². The van der Waals surface area contributed by atoms with E-state index < -0.39 is 11.6 Å². The number of benzene rings is 1. The zero-order valence-electron chi connectivity index (χ0n) is 22.8. The Morgan fingerprint density at radius 1 is 1.16 bits per heavy atom. The topological polar surface area (TPSA) is 82.1 Å². The van der Waals surface area contributed by atoms with Gasteiger partial charge in [0.05, 0.1) is 24.8 Å². The molecule has 2 aliphatic rings. The zero-order valence-corrected chi connectivity index (χ0v) is 23.6. The number of nitrogens with zero attached hydrogens (tertiary/aromatic N) is 2. The number of hydrogen-bond donors (Lipinski definition) is 2. The number of carbonyl (C=O) groups is 2. The quantitative estimate of drug-likeness (QED) is 0.453. The first kappa shape index (κ1) is 27.6. The van der Waals surface area contributed by atoms with Gasteiger partial charge in [0.2, 0.25) is 5.91 Å². The Balaban J connectivity index is 1.60. The van der Waals surface area contributed by atoms with E-state index in [0.29, 0.717) is 23.5 Å². The smallest absolute Gasteiger partial charge is 0.341 e. The van der Waals surface area contributed by atoms with Gasteiger partial charge in [-0.3, -0.25) is 9.69 Å². The standard InChI is InChI=1S/C29H41N3O4S/c1-6-31(7-2)22-13-11-21(12-14-22)26-23-10-8-9-15-29(23,35)16-17-32(26)18-24(33)30-27-25(28(34)36-5)19(3)20(4)37-27/h11-14,23,26,35H,6-10,15-18H2,1-5H3,(H,30,33)/t23-,26+,29+/m1/s1. The van der Waals surface area contributed by atoms with Gasteiger partial charge in [0.25, 0.3) is 0 Å². The maximum absolute atomic E-state index is 13.3. The predicted octanol–water partition coefficient (Wildman–Crippen LogP) is 5.30. The van der Waals surface area contributed by atoms with Crippen LogP contribution in [-0.2, 0) is 9.53 Å². The molecule has 0 bridgehead atoms. The van der Waals surface area contributed by atoms with Crippen molar-refractivity contribution in [2.24, 2.45) is 5.92 Å². The van der Waals surface area contributed by atoms with E-state index in [0.717, 1.165) is 54.8 Å². The normalized spacial score (nSPS) is 23.8. The summed E-state index contributed by atoms with van der Waals surface area (Å²) in [4.78, 5) is 31.2. The minimum Gasteiger partial charge on any atom is -0.465 e. The van der Waals surface area contributed by atoms with Gasteiger partial charge in [-0.25, -0.2) is 4.79 Å². The Bertz CT molecular complexity index is 1110. The molecule has 2 aromatic rings. The fraction of sp³-hybridized carbons (Fsp3) is 0.586. The first-order valence-electron chi connectivity index (χ1n) is 13.5. The van der Waals surface area contributed by atoms with Crippen molar-refractivity contribution in [1.29, 1.82) is 0 Å². The van der Waals surface area contributed by atoms with Crippen LogP contribution in [-0.4, -0.2) is 60.8 Å². The lowest BCUT2D eigenvalue weighted by Crippen LogP contribution is -2.56. The lowest BCUT2D eigenvalue weighted by Gasteiger charge is -2.52. The lowest BCUT2D eigenvalue weighted by molar-refractivity contribution is -0.135. The number of anilines is 2. The van der Waals surface area contributed by atoms with E-state index in [-0.39, 0.29) is 24.4 Å². The Labute approximate surface area is 224 Å². The van der Waals surface area contributed by atoms with Gasteiger partial charge >= 0.3 is 5.97 Å². The van der Waals surface area contributed by atoms with Crippen molar-refractivity contribution in [3.63, 3.8) is 0 Å². The summed E-state index contributed by atoms with van der Waals surface area (Å²) in [6.07, 6.45) is 4.59. The minimum atomic E-state index is -0.687. The van der Waals surface area contributed by atoms with Crippen molar-refractivity contribution in [2.45, 2.75) is 71.4 Å². The summed E-state index contributed by atoms with van der Waals surface area (Å²) in [5.74, 6) is -0.509. The van der Waals surface area contributed by atoms with Gasteiger partial charge in [-0.2, -0.15) is 0 Å². The third kappa shape index (κ3) is 5.56. The number of piperidine rings is 1. The van der Waals surface area contributed by atoms with Crippen molar-refractivity contribution in [1.82, 2.24) is 4.90 Å². The summed E-state index contributed by atoms with van der Waals surface area (Å²) < 4.78 is 4.97. The predicted molar refractivity (Wildman–Crippen MR) is 150 cm³/mol. The van der Waals surface area contributed by atoms with Crippen LogP contribution in [0, 0.1) is 19.8 Å². The highest BCUT2D eigenvalue weighted by Gasteiger charge is 2.49. The van der Waals surface area contributed by atoms with Crippen LogP contribution in [0.5, 0.6) is 0 Å². The molecule has 1 aromatic heterocycles. The maximum atomic E-state index is 13.3.